The molecule has 1 aliphatic heterocycles. The highest BCUT2D eigenvalue weighted by molar-refractivity contribution is 7.99. The zero-order valence-corrected chi connectivity index (χ0v) is 22.5. The maximum Gasteiger partial charge on any atom is 0.418 e. The van der Waals surface area contributed by atoms with Crippen molar-refractivity contribution in [2.75, 3.05) is 26.3 Å². The summed E-state index contributed by atoms with van der Waals surface area (Å²) in [5.74, 6) is -1.83. The highest BCUT2D eigenvalue weighted by atomic mass is 32.2. The van der Waals surface area contributed by atoms with Crippen LogP contribution in [0.5, 0.6) is 5.75 Å². The number of alkyl halides is 6. The second kappa shape index (κ2) is 12.8. The lowest BCUT2D eigenvalue weighted by atomic mass is 9.87. The molecule has 2 aromatic carbocycles. The molecule has 0 radical (unpaired) electrons. The van der Waals surface area contributed by atoms with E-state index in [-0.39, 0.29) is 43.1 Å². The van der Waals surface area contributed by atoms with E-state index in [1.807, 2.05) is 0 Å². The van der Waals surface area contributed by atoms with Crippen LogP contribution in [-0.4, -0.2) is 54.3 Å². The molecule has 1 N–H and O–H groups in total. The Labute approximate surface area is 236 Å². The molecule has 1 aliphatic carbocycles. The number of amides is 1. The summed E-state index contributed by atoms with van der Waals surface area (Å²) in [5.41, 5.74) is -4.52. The van der Waals surface area contributed by atoms with Gasteiger partial charge in [-0.2, -0.15) is 26.3 Å². The summed E-state index contributed by atoms with van der Waals surface area (Å²) in [7, 11) is 0. The SMILES string of the molecule is O=C(O)C1CCC(Oc2ccccc2Sc2ccc(/C=C/C(=O)N3CCOCC3)c(C(F)(F)F)c2C(F)(F)F)CC1. The maximum atomic E-state index is 14.3. The van der Waals surface area contributed by atoms with Crippen LogP contribution in [0.1, 0.15) is 42.4 Å². The Kier molecular flexibility index (Phi) is 9.58. The lowest BCUT2D eigenvalue weighted by Crippen LogP contribution is -2.39. The number of benzene rings is 2. The van der Waals surface area contributed by atoms with E-state index in [0.29, 0.717) is 37.4 Å². The Balaban J connectivity index is 1.65. The molecule has 0 unspecified atom stereocenters. The summed E-state index contributed by atoms with van der Waals surface area (Å²) >= 11 is 0.496. The number of carboxylic acids is 1. The number of carboxylic acid groups (broad SMARTS) is 1. The summed E-state index contributed by atoms with van der Waals surface area (Å²) in [4.78, 5) is 24.5. The van der Waals surface area contributed by atoms with E-state index in [1.54, 1.807) is 6.07 Å². The number of aliphatic carboxylic acids is 1. The monoisotopic (exact) mass is 603 g/mol. The number of nitrogens with zero attached hydrogens (tertiary/aromatic N) is 1. The van der Waals surface area contributed by atoms with Gasteiger partial charge in [-0.05, 0) is 55.5 Å². The standard InChI is InChI=1S/C28H27F6NO5S/c29-27(30,31)24-17(8-12-23(36)35-13-15-39-16-14-35)7-11-22(25(24)28(32,33)34)41-21-4-2-1-3-20(21)40-19-9-5-18(6-10-19)26(37)38/h1-4,7-8,11-12,18-19H,5-6,9-10,13-16H2,(H,37,38)/b12-8+. The lowest BCUT2D eigenvalue weighted by Gasteiger charge is -2.27. The van der Waals surface area contributed by atoms with Gasteiger partial charge in [-0.25, -0.2) is 0 Å². The van der Waals surface area contributed by atoms with Gasteiger partial charge >= 0.3 is 18.3 Å². The number of rotatable bonds is 7. The molecule has 2 aromatic rings. The van der Waals surface area contributed by atoms with Gasteiger partial charge in [0.05, 0.1) is 41.3 Å². The molecule has 2 fully saturated rings. The van der Waals surface area contributed by atoms with Gasteiger partial charge in [-0.15, -0.1) is 0 Å². The molecule has 6 nitrogen and oxygen atoms in total. The van der Waals surface area contributed by atoms with Gasteiger partial charge in [0, 0.05) is 24.1 Å². The zero-order chi connectivity index (χ0) is 29.8. The van der Waals surface area contributed by atoms with Crippen LogP contribution in [0.15, 0.2) is 52.3 Å². The van der Waals surface area contributed by atoms with Crippen LogP contribution in [0.3, 0.4) is 0 Å². The van der Waals surface area contributed by atoms with Crippen LogP contribution < -0.4 is 4.74 Å². The highest BCUT2D eigenvalue weighted by Gasteiger charge is 2.46. The molecule has 0 spiro atoms. The fourth-order valence-corrected chi connectivity index (χ4v) is 5.87. The fourth-order valence-electron chi connectivity index (χ4n) is 4.82. The molecule has 222 valence electrons. The van der Waals surface area contributed by atoms with Crippen molar-refractivity contribution >= 4 is 29.7 Å². The number of ether oxygens (including phenoxy) is 2. The van der Waals surface area contributed by atoms with Crippen LogP contribution in [0.2, 0.25) is 0 Å². The van der Waals surface area contributed by atoms with Gasteiger partial charge in [-0.3, -0.25) is 9.59 Å². The average molecular weight is 604 g/mol. The second-order valence-corrected chi connectivity index (χ2v) is 10.7. The number of halogens is 6. The molecule has 1 heterocycles. The fraction of sp³-hybridized carbons (Fsp3) is 0.429. The smallest absolute Gasteiger partial charge is 0.418 e. The Morgan fingerprint density at radius 1 is 0.902 bits per heavy atom. The van der Waals surface area contributed by atoms with Crippen molar-refractivity contribution in [1.29, 1.82) is 0 Å². The van der Waals surface area contributed by atoms with Crippen molar-refractivity contribution < 1.29 is 50.5 Å². The minimum Gasteiger partial charge on any atom is -0.489 e. The summed E-state index contributed by atoms with van der Waals surface area (Å²) in [6.45, 7) is 0.959. The number of para-hydroxylation sites is 1. The third-order valence-electron chi connectivity index (χ3n) is 6.88. The van der Waals surface area contributed by atoms with Gasteiger partial charge in [0.15, 0.2) is 0 Å². The first-order valence-corrected chi connectivity index (χ1v) is 13.7. The topological polar surface area (TPSA) is 76.1 Å². The number of carbonyl (C=O) groups is 2. The number of carbonyl (C=O) groups excluding carboxylic acids is 1. The van der Waals surface area contributed by atoms with Gasteiger partial charge < -0.3 is 19.5 Å². The van der Waals surface area contributed by atoms with E-state index in [0.717, 1.165) is 24.3 Å². The van der Waals surface area contributed by atoms with Crippen molar-refractivity contribution in [1.82, 2.24) is 4.90 Å². The predicted molar refractivity (Wildman–Crippen MR) is 137 cm³/mol. The van der Waals surface area contributed by atoms with Gasteiger partial charge in [-0.1, -0.05) is 30.0 Å². The van der Waals surface area contributed by atoms with E-state index < -0.39 is 51.7 Å². The van der Waals surface area contributed by atoms with E-state index in [2.05, 4.69) is 0 Å². The molecule has 1 saturated carbocycles. The Morgan fingerprint density at radius 3 is 2.15 bits per heavy atom. The van der Waals surface area contributed by atoms with E-state index >= 15 is 0 Å². The van der Waals surface area contributed by atoms with Crippen LogP contribution >= 0.6 is 11.8 Å². The number of morpholine rings is 1. The first-order chi connectivity index (χ1) is 19.3. The van der Waals surface area contributed by atoms with E-state index in [4.69, 9.17) is 9.47 Å². The minimum absolute atomic E-state index is 0.178. The van der Waals surface area contributed by atoms with Crippen molar-refractivity contribution in [3.63, 3.8) is 0 Å². The van der Waals surface area contributed by atoms with Crippen LogP contribution in [-0.2, 0) is 26.7 Å². The van der Waals surface area contributed by atoms with Crippen LogP contribution in [0.4, 0.5) is 26.3 Å². The zero-order valence-electron chi connectivity index (χ0n) is 21.6. The Bertz CT molecular complexity index is 1280. The molecular formula is C28H27F6NO5S. The Morgan fingerprint density at radius 2 is 1.54 bits per heavy atom. The minimum atomic E-state index is -5.37. The molecule has 4 rings (SSSR count). The van der Waals surface area contributed by atoms with Crippen molar-refractivity contribution in [2.24, 2.45) is 5.92 Å². The molecule has 0 aromatic heterocycles. The molecular weight excluding hydrogens is 576 g/mol. The second-order valence-electron chi connectivity index (χ2n) is 9.65. The lowest BCUT2D eigenvalue weighted by molar-refractivity contribution is -0.163. The summed E-state index contributed by atoms with van der Waals surface area (Å²) in [5, 5.41) is 9.19. The first-order valence-electron chi connectivity index (χ1n) is 12.9. The van der Waals surface area contributed by atoms with Crippen LogP contribution in [0, 0.1) is 5.92 Å². The summed E-state index contributed by atoms with van der Waals surface area (Å²) in [6.07, 6.45) is -7.91. The third-order valence-corrected chi connectivity index (χ3v) is 8.00. The summed E-state index contributed by atoms with van der Waals surface area (Å²) in [6, 6.07) is 7.95. The molecule has 0 bridgehead atoms. The number of hydrogen-bond acceptors (Lipinski definition) is 5. The molecule has 0 atom stereocenters. The summed E-state index contributed by atoms with van der Waals surface area (Å²) < 4.78 is 96.5. The molecule has 41 heavy (non-hydrogen) atoms. The van der Waals surface area contributed by atoms with Gasteiger partial charge in [0.25, 0.3) is 0 Å². The maximum absolute atomic E-state index is 14.3. The molecule has 1 saturated heterocycles. The third kappa shape index (κ3) is 7.76. The van der Waals surface area contributed by atoms with Crippen molar-refractivity contribution in [3.8, 4) is 5.75 Å². The van der Waals surface area contributed by atoms with E-state index in [1.165, 1.54) is 23.1 Å². The van der Waals surface area contributed by atoms with E-state index in [9.17, 15) is 41.0 Å². The normalized spacial score (nSPS) is 20.3. The van der Waals surface area contributed by atoms with Gasteiger partial charge in [0.1, 0.15) is 5.75 Å². The molecule has 2 aliphatic rings. The highest BCUT2D eigenvalue weighted by Crippen LogP contribution is 2.49. The quantitative estimate of drug-likeness (QED) is 0.278. The van der Waals surface area contributed by atoms with Crippen LogP contribution in [0.25, 0.3) is 6.08 Å². The van der Waals surface area contributed by atoms with Gasteiger partial charge in [0.2, 0.25) is 5.91 Å². The average Bonchev–Trinajstić information content (AvgIpc) is 2.92. The number of hydrogen-bond donors (Lipinski definition) is 1. The first kappa shape index (κ1) is 30.8. The Hall–Kier alpha value is -3.19. The largest absolute Gasteiger partial charge is 0.489 e. The van der Waals surface area contributed by atoms with Crippen molar-refractivity contribution in [3.05, 3.63) is 59.2 Å². The molecule has 13 heteroatoms. The molecule has 1 amide bonds. The van der Waals surface area contributed by atoms with Crippen molar-refractivity contribution in [2.45, 2.75) is 53.9 Å². The predicted octanol–water partition coefficient (Wildman–Crippen LogP) is 6.77.